The molecular weight excluding hydrogens is 132 g/mol. The summed E-state index contributed by atoms with van der Waals surface area (Å²) < 4.78 is 0. The third kappa shape index (κ3) is 1.94. The lowest BCUT2D eigenvalue weighted by Crippen LogP contribution is -2.21. The lowest BCUT2D eigenvalue weighted by molar-refractivity contribution is -0.119. The zero-order valence-electron chi connectivity index (χ0n) is 6.23. The zero-order valence-corrected chi connectivity index (χ0v) is 7.05. The van der Waals surface area contributed by atoms with Gasteiger partial charge < -0.3 is 0 Å². The van der Waals surface area contributed by atoms with E-state index in [1.807, 2.05) is 20.8 Å². The average Bonchev–Trinajstić information content (AvgIpc) is 1.86. The van der Waals surface area contributed by atoms with E-state index in [1.165, 1.54) is 0 Å². The van der Waals surface area contributed by atoms with Gasteiger partial charge >= 0.3 is 0 Å². The van der Waals surface area contributed by atoms with Gasteiger partial charge in [0.2, 0.25) is 5.12 Å². The average molecular weight is 145 g/mol. The summed E-state index contributed by atoms with van der Waals surface area (Å²) in [6.45, 7) is 5.91. The molecule has 1 radical (unpaired) electrons. The lowest BCUT2D eigenvalue weighted by Gasteiger charge is -2.20. The maximum Gasteiger partial charge on any atom is 0.224 e. The van der Waals surface area contributed by atoms with E-state index in [9.17, 15) is 4.79 Å². The number of carbonyl (C=O) groups is 1. The lowest BCUT2D eigenvalue weighted by atomic mass is 9.86. The second-order valence-electron chi connectivity index (χ2n) is 2.56. The van der Waals surface area contributed by atoms with Crippen LogP contribution in [0.1, 0.15) is 33.6 Å². The Labute approximate surface area is 62.2 Å². The van der Waals surface area contributed by atoms with Crippen LogP contribution in [0.2, 0.25) is 0 Å². The van der Waals surface area contributed by atoms with Crippen molar-refractivity contribution in [1.29, 1.82) is 0 Å². The molecule has 0 N–H and O–H groups in total. The normalized spacial score (nSPS) is 11.4. The van der Waals surface area contributed by atoms with E-state index in [2.05, 4.69) is 12.6 Å². The third-order valence-electron chi connectivity index (χ3n) is 2.05. The van der Waals surface area contributed by atoms with Crippen molar-refractivity contribution in [2.24, 2.45) is 5.41 Å². The molecule has 1 nitrogen and oxygen atoms in total. The fraction of sp³-hybridized carbons (Fsp3) is 0.857. The van der Waals surface area contributed by atoms with Crippen LogP contribution in [0.25, 0.3) is 0 Å². The molecule has 0 amide bonds. The summed E-state index contributed by atoms with van der Waals surface area (Å²) in [6, 6.07) is 0. The Morgan fingerprint density at radius 3 is 1.78 bits per heavy atom. The first-order valence-electron chi connectivity index (χ1n) is 3.28. The van der Waals surface area contributed by atoms with Gasteiger partial charge in [0, 0.05) is 5.41 Å². The molecule has 0 aromatic carbocycles. The Kier molecular flexibility index (Phi) is 3.12. The van der Waals surface area contributed by atoms with E-state index < -0.39 is 0 Å². The summed E-state index contributed by atoms with van der Waals surface area (Å²) in [5.41, 5.74) is -0.241. The third-order valence-corrected chi connectivity index (χ3v) is 2.55. The SMILES string of the molecule is CCC(C)(CC)C(=O)[S]. The molecule has 0 saturated carbocycles. The molecule has 0 aliphatic heterocycles. The van der Waals surface area contributed by atoms with E-state index in [4.69, 9.17) is 0 Å². The zero-order chi connectivity index (χ0) is 7.49. The maximum absolute atomic E-state index is 10.7. The number of carbonyl (C=O) groups excluding carboxylic acids is 1. The van der Waals surface area contributed by atoms with Gasteiger partial charge in [-0.15, -0.1) is 0 Å². The first kappa shape index (κ1) is 8.89. The number of hydrogen-bond donors (Lipinski definition) is 0. The highest BCUT2D eigenvalue weighted by Gasteiger charge is 2.26. The molecule has 9 heavy (non-hydrogen) atoms. The van der Waals surface area contributed by atoms with Gasteiger partial charge in [-0.3, -0.25) is 4.79 Å². The fourth-order valence-electron chi connectivity index (χ4n) is 0.539. The van der Waals surface area contributed by atoms with Crippen molar-refractivity contribution in [2.75, 3.05) is 0 Å². The minimum Gasteiger partial charge on any atom is -0.281 e. The molecule has 0 spiro atoms. The quantitative estimate of drug-likeness (QED) is 0.596. The van der Waals surface area contributed by atoms with Crippen LogP contribution in [0.3, 0.4) is 0 Å². The van der Waals surface area contributed by atoms with E-state index in [0.717, 1.165) is 12.8 Å². The molecule has 0 heterocycles. The minimum atomic E-state index is -0.241. The molecule has 0 aromatic heterocycles. The number of hydrogen-bond acceptors (Lipinski definition) is 1. The minimum absolute atomic E-state index is 0.104. The van der Waals surface area contributed by atoms with E-state index in [0.29, 0.717) is 0 Å². The van der Waals surface area contributed by atoms with Gasteiger partial charge in [-0.05, 0) is 25.5 Å². The summed E-state index contributed by atoms with van der Waals surface area (Å²) in [5, 5.41) is -0.104. The first-order chi connectivity index (χ1) is 4.06. The predicted molar refractivity (Wildman–Crippen MR) is 41.3 cm³/mol. The Balaban J connectivity index is 4.09. The molecule has 0 unspecified atom stereocenters. The molecule has 0 fully saturated rings. The summed E-state index contributed by atoms with van der Waals surface area (Å²) in [5.74, 6) is 0. The van der Waals surface area contributed by atoms with Crippen molar-refractivity contribution in [3.8, 4) is 0 Å². The highest BCUT2D eigenvalue weighted by molar-refractivity contribution is 7.96. The van der Waals surface area contributed by atoms with E-state index in [1.54, 1.807) is 0 Å². The molecule has 0 rings (SSSR count). The van der Waals surface area contributed by atoms with Crippen molar-refractivity contribution in [2.45, 2.75) is 33.6 Å². The highest BCUT2D eigenvalue weighted by Crippen LogP contribution is 2.27. The fourth-order valence-corrected chi connectivity index (χ4v) is 0.827. The summed E-state index contributed by atoms with van der Waals surface area (Å²) >= 11 is 4.57. The Morgan fingerprint density at radius 2 is 1.78 bits per heavy atom. The van der Waals surface area contributed by atoms with Crippen LogP contribution in [0.5, 0.6) is 0 Å². The monoisotopic (exact) mass is 145 g/mol. The van der Waals surface area contributed by atoms with Gasteiger partial charge in [0.15, 0.2) is 0 Å². The largest absolute Gasteiger partial charge is 0.281 e. The molecule has 0 aromatic rings. The Bertz CT molecular complexity index is 105. The second kappa shape index (κ2) is 3.16. The number of rotatable bonds is 3. The molecule has 2 heteroatoms. The van der Waals surface area contributed by atoms with Gasteiger partial charge in [-0.2, -0.15) is 0 Å². The summed E-state index contributed by atoms with van der Waals surface area (Å²) in [4.78, 5) is 10.7. The molecule has 0 saturated heterocycles. The topological polar surface area (TPSA) is 17.1 Å². The van der Waals surface area contributed by atoms with Gasteiger partial charge in [0.1, 0.15) is 0 Å². The smallest absolute Gasteiger partial charge is 0.224 e. The predicted octanol–water partition coefficient (Wildman–Crippen LogP) is 2.54. The van der Waals surface area contributed by atoms with Gasteiger partial charge in [0.25, 0.3) is 0 Å². The van der Waals surface area contributed by atoms with Gasteiger partial charge in [-0.1, -0.05) is 20.8 Å². The van der Waals surface area contributed by atoms with Gasteiger partial charge in [-0.25, -0.2) is 0 Å². The van der Waals surface area contributed by atoms with Crippen molar-refractivity contribution < 1.29 is 4.79 Å². The van der Waals surface area contributed by atoms with Crippen LogP contribution in [0.15, 0.2) is 0 Å². The molecule has 0 aliphatic rings. The Morgan fingerprint density at radius 1 is 1.44 bits per heavy atom. The molecule has 53 valence electrons. The highest BCUT2D eigenvalue weighted by atomic mass is 32.1. The van der Waals surface area contributed by atoms with Crippen molar-refractivity contribution >= 4 is 17.7 Å². The van der Waals surface area contributed by atoms with Crippen LogP contribution >= 0.6 is 12.6 Å². The van der Waals surface area contributed by atoms with Gasteiger partial charge in [0.05, 0.1) is 0 Å². The summed E-state index contributed by atoms with van der Waals surface area (Å²) in [6.07, 6.45) is 1.71. The van der Waals surface area contributed by atoms with Crippen LogP contribution in [-0.4, -0.2) is 5.12 Å². The maximum atomic E-state index is 10.7. The Hall–Kier alpha value is -0.110. The molecular formula is C7H13OS. The molecule has 0 atom stereocenters. The molecule has 0 aliphatic carbocycles. The van der Waals surface area contributed by atoms with Crippen molar-refractivity contribution in [3.63, 3.8) is 0 Å². The second-order valence-corrected chi connectivity index (χ2v) is 2.93. The molecule has 0 bridgehead atoms. The first-order valence-corrected chi connectivity index (χ1v) is 3.69. The van der Waals surface area contributed by atoms with Crippen LogP contribution in [0, 0.1) is 5.41 Å². The van der Waals surface area contributed by atoms with Crippen molar-refractivity contribution in [1.82, 2.24) is 0 Å². The van der Waals surface area contributed by atoms with Crippen LogP contribution in [-0.2, 0) is 4.79 Å². The van der Waals surface area contributed by atoms with Crippen LogP contribution in [0.4, 0.5) is 0 Å². The summed E-state index contributed by atoms with van der Waals surface area (Å²) in [7, 11) is 0. The van der Waals surface area contributed by atoms with E-state index in [-0.39, 0.29) is 10.5 Å². The standard InChI is InChI=1S/C7H13OS/c1-4-7(3,5-2)6(8)9/h4-5H2,1-3H3. The van der Waals surface area contributed by atoms with Crippen molar-refractivity contribution in [3.05, 3.63) is 0 Å². The van der Waals surface area contributed by atoms with E-state index >= 15 is 0 Å². The van der Waals surface area contributed by atoms with Crippen LogP contribution < -0.4 is 0 Å².